The monoisotopic (exact) mass is 553 g/mol. The summed E-state index contributed by atoms with van der Waals surface area (Å²) in [5.41, 5.74) is 5.53. The largest absolute Gasteiger partial charge is 0.467 e. The molecule has 1 aromatic heterocycles. The number of likely N-dealkylation sites (tertiary alicyclic amines) is 1. The van der Waals surface area contributed by atoms with Gasteiger partial charge in [0.05, 0.1) is 36.5 Å². The molecule has 0 aliphatic carbocycles. The average molecular weight is 554 g/mol. The van der Waals surface area contributed by atoms with Gasteiger partial charge >= 0.3 is 6.03 Å². The maximum atomic E-state index is 13.3. The van der Waals surface area contributed by atoms with E-state index in [0.29, 0.717) is 55.7 Å². The van der Waals surface area contributed by atoms with Gasteiger partial charge in [-0.25, -0.2) is 4.79 Å². The van der Waals surface area contributed by atoms with Gasteiger partial charge in [-0.3, -0.25) is 0 Å². The second-order valence-corrected chi connectivity index (χ2v) is 10.3. The van der Waals surface area contributed by atoms with Crippen LogP contribution in [-0.4, -0.2) is 58.7 Å². The lowest BCUT2D eigenvalue weighted by Gasteiger charge is -2.34. The van der Waals surface area contributed by atoms with Crippen LogP contribution < -0.4 is 9.47 Å². The van der Waals surface area contributed by atoms with Crippen molar-refractivity contribution in [1.82, 2.24) is 19.9 Å². The molecule has 0 atom stereocenters. The Morgan fingerprint density at radius 3 is 2.22 bits per heavy atom. The van der Waals surface area contributed by atoms with Gasteiger partial charge in [0, 0.05) is 24.2 Å². The third kappa shape index (κ3) is 4.97. The molecule has 4 heterocycles. The molecule has 4 aromatic rings. The molecule has 3 aliphatic heterocycles. The van der Waals surface area contributed by atoms with Crippen LogP contribution in [0.15, 0.2) is 54.6 Å². The van der Waals surface area contributed by atoms with Crippen LogP contribution in [0.4, 0.5) is 4.79 Å². The number of fused-ring (bicyclic) bond motifs is 3. The number of nitriles is 1. The lowest BCUT2D eigenvalue weighted by Crippen LogP contribution is -2.43. The van der Waals surface area contributed by atoms with E-state index in [0.717, 1.165) is 33.8 Å². The zero-order chi connectivity index (χ0) is 27.8. The summed E-state index contributed by atoms with van der Waals surface area (Å²) in [5, 5.41) is 17.3. The summed E-state index contributed by atoms with van der Waals surface area (Å²) in [7, 11) is 0. The Morgan fingerprint density at radius 2 is 1.59 bits per heavy atom. The van der Waals surface area contributed by atoms with Crippen molar-refractivity contribution >= 4 is 17.1 Å². The fourth-order valence-corrected chi connectivity index (χ4v) is 5.54. The summed E-state index contributed by atoms with van der Waals surface area (Å²) in [6, 6.07) is 19.0. The molecular weight excluding hydrogens is 526 g/mol. The van der Waals surface area contributed by atoms with E-state index in [4.69, 9.17) is 28.9 Å². The number of hydrogen-bond acceptors (Lipinski definition) is 9. The highest BCUT2D eigenvalue weighted by Crippen LogP contribution is 2.36. The van der Waals surface area contributed by atoms with Crippen molar-refractivity contribution in [1.29, 1.82) is 5.26 Å². The van der Waals surface area contributed by atoms with Crippen LogP contribution in [-0.2, 0) is 27.4 Å². The van der Waals surface area contributed by atoms with Gasteiger partial charge in [-0.15, -0.1) is 5.10 Å². The summed E-state index contributed by atoms with van der Waals surface area (Å²) in [4.78, 5) is 15.1. The molecule has 7 rings (SSSR count). The Morgan fingerprint density at radius 1 is 0.927 bits per heavy atom. The van der Waals surface area contributed by atoms with E-state index in [1.807, 2.05) is 24.3 Å². The first-order chi connectivity index (χ1) is 20.2. The van der Waals surface area contributed by atoms with Crippen molar-refractivity contribution in [3.63, 3.8) is 0 Å². The second kappa shape index (κ2) is 10.8. The second-order valence-electron chi connectivity index (χ2n) is 10.3. The van der Waals surface area contributed by atoms with E-state index < -0.39 is 0 Å². The van der Waals surface area contributed by atoms with Crippen molar-refractivity contribution in [2.75, 3.05) is 26.7 Å². The number of ether oxygens (including phenoxy) is 5. The average Bonchev–Trinajstić information content (AvgIpc) is 3.46. The Labute approximate surface area is 235 Å². The van der Waals surface area contributed by atoms with Crippen molar-refractivity contribution in [3.8, 4) is 17.6 Å². The number of amides is 1. The van der Waals surface area contributed by atoms with Crippen LogP contribution >= 0.6 is 0 Å². The number of aromatic nitrogens is 3. The van der Waals surface area contributed by atoms with Crippen LogP contribution in [0.1, 0.15) is 46.8 Å². The molecule has 208 valence electrons. The molecule has 0 unspecified atom stereocenters. The van der Waals surface area contributed by atoms with Crippen molar-refractivity contribution in [3.05, 3.63) is 82.4 Å². The van der Waals surface area contributed by atoms with Gasteiger partial charge in [0.1, 0.15) is 23.1 Å². The number of rotatable bonds is 4. The topological polar surface area (TPSA) is 121 Å². The summed E-state index contributed by atoms with van der Waals surface area (Å²) in [6.07, 6.45) is 0.931. The van der Waals surface area contributed by atoms with E-state index in [-0.39, 0.29) is 31.8 Å². The first-order valence-electron chi connectivity index (χ1n) is 13.5. The van der Waals surface area contributed by atoms with E-state index >= 15 is 0 Å². The van der Waals surface area contributed by atoms with Crippen LogP contribution in [0.2, 0.25) is 0 Å². The fourth-order valence-electron chi connectivity index (χ4n) is 5.54. The Balaban J connectivity index is 1.10. The van der Waals surface area contributed by atoms with Gasteiger partial charge in [0.25, 0.3) is 0 Å². The summed E-state index contributed by atoms with van der Waals surface area (Å²) >= 11 is 0. The SMILES string of the molecule is N#Cc1ccc2c(c1)nnn2C(=O)N1CCC(OC(c2ccc3c(c2)COCO3)c2ccc3c(c2)COCO3)CC1. The molecule has 41 heavy (non-hydrogen) atoms. The third-order valence-corrected chi connectivity index (χ3v) is 7.68. The molecule has 3 aliphatic rings. The van der Waals surface area contributed by atoms with Gasteiger partial charge in [0.2, 0.25) is 0 Å². The number of benzene rings is 3. The molecule has 0 spiro atoms. The predicted octanol–water partition coefficient (Wildman–Crippen LogP) is 4.27. The minimum atomic E-state index is -0.338. The number of nitrogens with zero attached hydrogens (tertiary/aromatic N) is 5. The molecule has 0 bridgehead atoms. The maximum Gasteiger partial charge on any atom is 0.346 e. The Hall–Kier alpha value is -4.50. The molecule has 3 aromatic carbocycles. The van der Waals surface area contributed by atoms with Gasteiger partial charge < -0.3 is 28.6 Å². The predicted molar refractivity (Wildman–Crippen MR) is 144 cm³/mol. The minimum Gasteiger partial charge on any atom is -0.467 e. The van der Waals surface area contributed by atoms with Gasteiger partial charge in [0.15, 0.2) is 13.6 Å². The molecular formula is C30H27N5O6. The molecule has 1 amide bonds. The first-order valence-corrected chi connectivity index (χ1v) is 13.5. The van der Waals surface area contributed by atoms with E-state index in [1.54, 1.807) is 23.1 Å². The van der Waals surface area contributed by atoms with Crippen molar-refractivity contribution in [2.45, 2.75) is 38.3 Å². The van der Waals surface area contributed by atoms with Crippen molar-refractivity contribution < 1.29 is 28.5 Å². The Bertz CT molecular complexity index is 1600. The van der Waals surface area contributed by atoms with Gasteiger partial charge in [-0.1, -0.05) is 17.3 Å². The molecule has 0 saturated carbocycles. The van der Waals surface area contributed by atoms with Crippen LogP contribution in [0.5, 0.6) is 11.5 Å². The maximum absolute atomic E-state index is 13.3. The summed E-state index contributed by atoms with van der Waals surface area (Å²) < 4.78 is 30.4. The van der Waals surface area contributed by atoms with Crippen molar-refractivity contribution in [2.24, 2.45) is 0 Å². The van der Waals surface area contributed by atoms with E-state index in [1.165, 1.54) is 4.68 Å². The molecule has 0 radical (unpaired) electrons. The lowest BCUT2D eigenvalue weighted by atomic mass is 9.96. The van der Waals surface area contributed by atoms with E-state index in [9.17, 15) is 4.79 Å². The number of piperidine rings is 1. The summed E-state index contributed by atoms with van der Waals surface area (Å²) in [5.74, 6) is 1.64. The van der Waals surface area contributed by atoms with Gasteiger partial charge in [-0.05, 0) is 66.4 Å². The lowest BCUT2D eigenvalue weighted by molar-refractivity contribution is -0.0247. The Kier molecular flexibility index (Phi) is 6.72. The highest BCUT2D eigenvalue weighted by atomic mass is 16.7. The number of carbonyl (C=O) groups is 1. The van der Waals surface area contributed by atoms with Gasteiger partial charge in [-0.2, -0.15) is 9.94 Å². The first kappa shape index (κ1) is 25.5. The molecule has 11 nitrogen and oxygen atoms in total. The number of hydrogen-bond donors (Lipinski definition) is 0. The van der Waals surface area contributed by atoms with Crippen LogP contribution in [0.25, 0.3) is 11.0 Å². The molecule has 11 heteroatoms. The molecule has 0 N–H and O–H groups in total. The fraction of sp³-hybridized carbons (Fsp3) is 0.333. The standard InChI is InChI=1S/C30H27N5O6/c31-14-19-1-4-26-25(11-19)32-33-35(26)30(36)34-9-7-24(8-10-34)41-29(20-2-5-27-22(12-20)15-37-17-39-27)21-3-6-28-23(13-21)16-38-18-40-28/h1-6,11-13,24,29H,7-10,15-18H2. The van der Waals surface area contributed by atoms with Crippen LogP contribution in [0, 0.1) is 11.3 Å². The normalized spacial score (nSPS) is 16.9. The summed E-state index contributed by atoms with van der Waals surface area (Å²) in [6.45, 7) is 2.50. The van der Waals surface area contributed by atoms with Crippen LogP contribution in [0.3, 0.4) is 0 Å². The highest BCUT2D eigenvalue weighted by molar-refractivity contribution is 5.88. The highest BCUT2D eigenvalue weighted by Gasteiger charge is 2.30. The number of carbonyl (C=O) groups excluding carboxylic acids is 1. The zero-order valence-corrected chi connectivity index (χ0v) is 22.2. The minimum absolute atomic E-state index is 0.0678. The molecule has 1 saturated heterocycles. The quantitative estimate of drug-likeness (QED) is 0.365. The smallest absolute Gasteiger partial charge is 0.346 e. The van der Waals surface area contributed by atoms with E-state index in [2.05, 4.69) is 28.5 Å². The molecule has 1 fully saturated rings. The third-order valence-electron chi connectivity index (χ3n) is 7.68. The zero-order valence-electron chi connectivity index (χ0n) is 22.2.